The van der Waals surface area contributed by atoms with Crippen molar-refractivity contribution in [1.82, 2.24) is 0 Å². The number of allylic oxidation sites excluding steroid dienone is 20. The summed E-state index contributed by atoms with van der Waals surface area (Å²) >= 11 is 0. The summed E-state index contributed by atoms with van der Waals surface area (Å²) in [7, 11) is 5.96. The van der Waals surface area contributed by atoms with Gasteiger partial charge in [-0.15, -0.1) is 0 Å². The number of aliphatic carboxylic acids is 1. The Morgan fingerprint density at radius 1 is 0.370 bits per heavy atom. The van der Waals surface area contributed by atoms with E-state index >= 15 is 0 Å². The van der Waals surface area contributed by atoms with Crippen molar-refractivity contribution in [3.63, 3.8) is 0 Å². The summed E-state index contributed by atoms with van der Waals surface area (Å²) in [6, 6.07) is 0. The van der Waals surface area contributed by atoms with Crippen LogP contribution in [-0.4, -0.2) is 87.4 Å². The molecule has 0 spiro atoms. The molecular weight excluding hydrogens is 1010 g/mol. The molecule has 0 aromatic rings. The maximum atomic E-state index is 12.9. The van der Waals surface area contributed by atoms with Gasteiger partial charge in [-0.05, 0) is 103 Å². The molecule has 0 aromatic carbocycles. The van der Waals surface area contributed by atoms with Crippen LogP contribution in [0.1, 0.15) is 258 Å². The first-order valence-corrected chi connectivity index (χ1v) is 32.7. The van der Waals surface area contributed by atoms with Gasteiger partial charge in [-0.3, -0.25) is 9.59 Å². The third-order valence-corrected chi connectivity index (χ3v) is 13.7. The molecule has 0 aliphatic rings. The SMILES string of the molecule is CC/C=C\C/C=C\C/C=C\C/C=C\C/C=C\C/C=C\CCCCCCCCCCCCCCCCCCCCC(=O)OC(COC(=O)CCCCCCCC/C=C\C/C=C\C/C=C\C/C=C\CC)COC(OCC[N+](C)(C)C)C(=O)O. The van der Waals surface area contributed by atoms with Crippen molar-refractivity contribution in [2.45, 2.75) is 270 Å². The topological polar surface area (TPSA) is 108 Å². The number of ether oxygens (including phenoxy) is 4. The predicted octanol–water partition coefficient (Wildman–Crippen LogP) is 20.0. The molecule has 0 radical (unpaired) electrons. The van der Waals surface area contributed by atoms with Crippen LogP contribution >= 0.6 is 0 Å². The van der Waals surface area contributed by atoms with Gasteiger partial charge in [0, 0.05) is 12.8 Å². The summed E-state index contributed by atoms with van der Waals surface area (Å²) in [6.45, 7) is 4.64. The normalized spacial score (nSPS) is 13.5. The molecule has 0 aliphatic carbocycles. The van der Waals surface area contributed by atoms with Gasteiger partial charge in [0.05, 0.1) is 34.4 Å². The van der Waals surface area contributed by atoms with E-state index < -0.39 is 24.3 Å². The Morgan fingerprint density at radius 3 is 0.988 bits per heavy atom. The van der Waals surface area contributed by atoms with Crippen molar-refractivity contribution in [3.05, 3.63) is 122 Å². The molecule has 0 heterocycles. The molecule has 2 unspecified atom stereocenters. The van der Waals surface area contributed by atoms with Gasteiger partial charge >= 0.3 is 17.9 Å². The molecule has 0 amide bonds. The summed E-state index contributed by atoms with van der Waals surface area (Å²) < 4.78 is 22.9. The van der Waals surface area contributed by atoms with Crippen LogP contribution in [-0.2, 0) is 33.3 Å². The standard InChI is InChI=1S/C72H121NO8/c1-6-8-10-12-14-16-18-20-22-24-26-27-28-29-30-31-32-33-34-35-36-37-38-39-40-41-42-43-45-47-49-51-53-55-57-59-61-63-70(75)81-68(67-80-72(71(76)77)78-65-64-73(3,4)5)66-79-69(74)62-60-58-56-54-52-50-48-46-44-25-23-21-19-17-15-13-11-9-7-2/h8-11,14-17,20-23,26-27,29-30,32-33,44,46,68,72H,6-7,12-13,18-19,24-25,28,31,34-43,45,47-67H2,1-5H3/p+1/b10-8-,11-9-,16-14-,17-15-,22-20-,23-21-,27-26-,30-29-,33-32-,46-44-. The van der Waals surface area contributed by atoms with Crippen molar-refractivity contribution in [1.29, 1.82) is 0 Å². The van der Waals surface area contributed by atoms with E-state index in [2.05, 4.69) is 135 Å². The molecule has 0 aliphatic heterocycles. The smallest absolute Gasteiger partial charge is 0.361 e. The van der Waals surface area contributed by atoms with E-state index in [1.807, 2.05) is 21.1 Å². The molecule has 0 bridgehead atoms. The average molecular weight is 1130 g/mol. The Hall–Kier alpha value is -4.31. The molecule has 462 valence electrons. The minimum atomic E-state index is -1.52. The van der Waals surface area contributed by atoms with Crippen LogP contribution in [0.15, 0.2) is 122 Å². The Kier molecular flexibility index (Phi) is 58.5. The lowest BCUT2D eigenvalue weighted by atomic mass is 10.0. The summed E-state index contributed by atoms with van der Waals surface area (Å²) in [5, 5.41) is 9.72. The van der Waals surface area contributed by atoms with E-state index in [1.165, 1.54) is 109 Å². The number of carboxylic acids is 1. The van der Waals surface area contributed by atoms with E-state index in [-0.39, 0.29) is 38.6 Å². The summed E-state index contributed by atoms with van der Waals surface area (Å²) in [4.78, 5) is 37.5. The predicted molar refractivity (Wildman–Crippen MR) is 345 cm³/mol. The highest BCUT2D eigenvalue weighted by molar-refractivity contribution is 5.71. The lowest BCUT2D eigenvalue weighted by molar-refractivity contribution is -0.870. The largest absolute Gasteiger partial charge is 0.477 e. The van der Waals surface area contributed by atoms with Gasteiger partial charge in [0.2, 0.25) is 0 Å². The zero-order valence-electron chi connectivity index (χ0n) is 52.7. The van der Waals surface area contributed by atoms with Crippen LogP contribution < -0.4 is 0 Å². The van der Waals surface area contributed by atoms with Crippen molar-refractivity contribution >= 4 is 17.9 Å². The molecule has 1 N–H and O–H groups in total. The number of unbranched alkanes of at least 4 members (excludes halogenated alkanes) is 24. The van der Waals surface area contributed by atoms with Crippen LogP contribution in [0.2, 0.25) is 0 Å². The average Bonchev–Trinajstić information content (AvgIpc) is 3.44. The van der Waals surface area contributed by atoms with Gasteiger partial charge < -0.3 is 28.5 Å². The molecule has 9 heteroatoms. The van der Waals surface area contributed by atoms with E-state index in [4.69, 9.17) is 18.9 Å². The van der Waals surface area contributed by atoms with Gasteiger partial charge in [-0.25, -0.2) is 4.79 Å². The molecule has 0 saturated heterocycles. The Morgan fingerprint density at radius 2 is 0.667 bits per heavy atom. The van der Waals surface area contributed by atoms with Crippen LogP contribution in [0.3, 0.4) is 0 Å². The third kappa shape index (κ3) is 63.1. The number of carbonyl (C=O) groups is 3. The minimum absolute atomic E-state index is 0.181. The van der Waals surface area contributed by atoms with Crippen molar-refractivity contribution < 1.29 is 42.9 Å². The Bertz CT molecular complexity index is 1740. The second kappa shape index (κ2) is 61.8. The molecule has 0 fully saturated rings. The fourth-order valence-corrected chi connectivity index (χ4v) is 8.77. The van der Waals surface area contributed by atoms with Crippen molar-refractivity contribution in [2.24, 2.45) is 0 Å². The molecule has 2 atom stereocenters. The van der Waals surface area contributed by atoms with E-state index in [0.717, 1.165) is 116 Å². The maximum absolute atomic E-state index is 12.9. The van der Waals surface area contributed by atoms with Crippen LogP contribution in [0, 0.1) is 0 Å². The lowest BCUT2D eigenvalue weighted by Crippen LogP contribution is -2.40. The van der Waals surface area contributed by atoms with Crippen LogP contribution in [0.25, 0.3) is 0 Å². The molecule has 0 saturated carbocycles. The summed E-state index contributed by atoms with van der Waals surface area (Å²) in [6.07, 6.45) is 84.4. The quantitative estimate of drug-likeness (QED) is 0.0211. The second-order valence-electron chi connectivity index (χ2n) is 22.7. The zero-order valence-corrected chi connectivity index (χ0v) is 52.7. The van der Waals surface area contributed by atoms with E-state index in [9.17, 15) is 19.5 Å². The number of hydrogen-bond donors (Lipinski definition) is 1. The fraction of sp³-hybridized carbons (Fsp3) is 0.681. The number of nitrogens with zero attached hydrogens (tertiary/aromatic N) is 1. The second-order valence-corrected chi connectivity index (χ2v) is 22.7. The van der Waals surface area contributed by atoms with Gasteiger partial charge in [0.15, 0.2) is 6.10 Å². The first-order chi connectivity index (χ1) is 39.6. The number of carbonyl (C=O) groups excluding carboxylic acids is 2. The Labute approximate surface area is 497 Å². The number of likely N-dealkylation sites (N-methyl/N-ethyl adjacent to an activating group) is 1. The highest BCUT2D eigenvalue weighted by Gasteiger charge is 2.25. The molecule has 81 heavy (non-hydrogen) atoms. The highest BCUT2D eigenvalue weighted by atomic mass is 16.7. The van der Waals surface area contributed by atoms with Crippen molar-refractivity contribution in [2.75, 3.05) is 47.5 Å². The summed E-state index contributed by atoms with van der Waals surface area (Å²) in [5.74, 6) is -2.02. The number of quaternary nitrogens is 1. The number of rotatable bonds is 59. The number of carboxylic acid groups (broad SMARTS) is 1. The third-order valence-electron chi connectivity index (χ3n) is 13.7. The van der Waals surface area contributed by atoms with Crippen molar-refractivity contribution in [3.8, 4) is 0 Å². The van der Waals surface area contributed by atoms with Gasteiger partial charge in [-0.2, -0.15) is 0 Å². The Balaban J connectivity index is 4.10. The maximum Gasteiger partial charge on any atom is 0.361 e. The van der Waals surface area contributed by atoms with E-state index in [0.29, 0.717) is 17.4 Å². The first kappa shape index (κ1) is 76.7. The monoisotopic (exact) mass is 1130 g/mol. The minimum Gasteiger partial charge on any atom is -0.477 e. The molecule has 0 rings (SSSR count). The van der Waals surface area contributed by atoms with Gasteiger partial charge in [0.25, 0.3) is 6.29 Å². The number of esters is 2. The van der Waals surface area contributed by atoms with Crippen LogP contribution in [0.5, 0.6) is 0 Å². The van der Waals surface area contributed by atoms with Crippen LogP contribution in [0.4, 0.5) is 0 Å². The molecular formula is C72H122NO8+. The van der Waals surface area contributed by atoms with E-state index in [1.54, 1.807) is 0 Å². The zero-order chi connectivity index (χ0) is 59.1. The summed E-state index contributed by atoms with van der Waals surface area (Å²) in [5.41, 5.74) is 0. The fourth-order valence-electron chi connectivity index (χ4n) is 8.77. The molecule has 9 nitrogen and oxygen atoms in total. The number of hydrogen-bond acceptors (Lipinski definition) is 7. The molecule has 0 aromatic heterocycles. The van der Waals surface area contributed by atoms with Gasteiger partial charge in [0.1, 0.15) is 13.2 Å². The highest BCUT2D eigenvalue weighted by Crippen LogP contribution is 2.17. The first-order valence-electron chi connectivity index (χ1n) is 32.7. The lowest BCUT2D eigenvalue weighted by Gasteiger charge is -2.25. The van der Waals surface area contributed by atoms with Gasteiger partial charge in [-0.1, -0.05) is 264 Å².